The van der Waals surface area contributed by atoms with Gasteiger partial charge in [0.05, 0.1) is 25.4 Å². The minimum absolute atomic E-state index is 0.367. The van der Waals surface area contributed by atoms with E-state index in [-0.39, 0.29) is 12.2 Å². The van der Waals surface area contributed by atoms with Gasteiger partial charge in [0.15, 0.2) is 12.2 Å². The molecule has 0 heterocycles. The van der Waals surface area contributed by atoms with Gasteiger partial charge >= 0.3 is 11.4 Å². The molecule has 2 atom stereocenters. The molecule has 0 saturated carbocycles. The largest absolute Gasteiger partial charge is 0.493 e. The van der Waals surface area contributed by atoms with E-state index in [1.807, 2.05) is 51.6 Å². The Bertz CT molecular complexity index is 824. The maximum absolute atomic E-state index is 9.30. The molecule has 0 saturated heterocycles. The van der Waals surface area contributed by atoms with Crippen molar-refractivity contribution in [3.63, 3.8) is 0 Å². The van der Waals surface area contributed by atoms with Gasteiger partial charge in [-0.25, -0.2) is 0 Å². The van der Waals surface area contributed by atoms with E-state index in [9.17, 15) is 11.1 Å². The molecule has 0 aliphatic heterocycles. The molecule has 2 aliphatic carbocycles. The lowest BCUT2D eigenvalue weighted by molar-refractivity contribution is -0.0226. The second kappa shape index (κ2) is 14.7. The lowest BCUT2D eigenvalue weighted by Gasteiger charge is -2.20. The summed E-state index contributed by atoms with van der Waals surface area (Å²) >= 11 is 1.83. The van der Waals surface area contributed by atoms with Gasteiger partial charge < -0.3 is 30.0 Å². The molecule has 0 fully saturated rings. The number of allylic oxidation sites excluding steroid dienone is 2. The number of hydrogen-bond donors (Lipinski definition) is 0. The molecular formula is C24H34N4O4S. The Hall–Kier alpha value is -2.41. The third-order valence-corrected chi connectivity index (χ3v) is 6.02. The zero-order valence-corrected chi connectivity index (χ0v) is 20.8. The molecule has 0 spiro atoms. The lowest BCUT2D eigenvalue weighted by Crippen LogP contribution is -2.26. The van der Waals surface area contributed by atoms with Crippen LogP contribution >= 0.6 is 11.8 Å². The highest BCUT2D eigenvalue weighted by Gasteiger charge is 2.29. The standard InChI is InChI=1S/C24H34N4O4S/c1-5-29-21-15-19(27-25)23(31-7-3)13-17(21)9-11-33-12-10-18-14-24(32-8-4)20(28-26)16-22(18)30-6-2/h13-16,23-24H,5-12H2,1-4H3. The van der Waals surface area contributed by atoms with Crippen molar-refractivity contribution >= 4 is 23.2 Å². The Morgan fingerprint density at radius 1 is 0.727 bits per heavy atom. The monoisotopic (exact) mass is 474 g/mol. The molecule has 0 aromatic carbocycles. The maximum Gasteiger partial charge on any atom is 0.328 e. The molecule has 2 aliphatic rings. The summed E-state index contributed by atoms with van der Waals surface area (Å²) in [6.07, 6.45) is 8.36. The lowest BCUT2D eigenvalue weighted by atomic mass is 9.99. The van der Waals surface area contributed by atoms with E-state index in [0.717, 1.165) is 47.0 Å². The van der Waals surface area contributed by atoms with Crippen LogP contribution in [0.3, 0.4) is 0 Å². The fourth-order valence-corrected chi connectivity index (χ4v) is 4.51. The van der Waals surface area contributed by atoms with E-state index in [0.29, 0.717) is 37.9 Å². The minimum atomic E-state index is -0.367. The highest BCUT2D eigenvalue weighted by atomic mass is 32.2. The summed E-state index contributed by atoms with van der Waals surface area (Å²) in [7, 11) is 0. The zero-order chi connectivity index (χ0) is 24.1. The first kappa shape index (κ1) is 26.8. The highest BCUT2D eigenvalue weighted by molar-refractivity contribution is 7.99. The molecule has 0 aromatic heterocycles. The normalized spacial score (nSPS) is 20.2. The van der Waals surface area contributed by atoms with E-state index < -0.39 is 0 Å². The van der Waals surface area contributed by atoms with E-state index in [4.69, 9.17) is 18.9 Å². The van der Waals surface area contributed by atoms with Crippen LogP contribution in [0.5, 0.6) is 0 Å². The van der Waals surface area contributed by atoms with Gasteiger partial charge in [-0.1, -0.05) is 0 Å². The van der Waals surface area contributed by atoms with Crippen molar-refractivity contribution < 1.29 is 28.5 Å². The second-order valence-corrected chi connectivity index (χ2v) is 8.41. The summed E-state index contributed by atoms with van der Waals surface area (Å²) in [5.41, 5.74) is 21.6. The predicted molar refractivity (Wildman–Crippen MR) is 130 cm³/mol. The van der Waals surface area contributed by atoms with Gasteiger partial charge in [-0.2, -0.15) is 21.3 Å². The van der Waals surface area contributed by atoms with Crippen LogP contribution in [0.25, 0.3) is 11.1 Å². The average molecular weight is 475 g/mol. The van der Waals surface area contributed by atoms with Crippen molar-refractivity contribution in [3.05, 3.63) is 58.0 Å². The molecule has 0 bridgehead atoms. The van der Waals surface area contributed by atoms with Crippen LogP contribution < -0.4 is 0 Å². The number of thioether (sulfide) groups is 1. The number of ether oxygens (including phenoxy) is 4. The molecule has 0 aromatic rings. The van der Waals surface area contributed by atoms with Crippen LogP contribution in [-0.2, 0) is 18.9 Å². The van der Waals surface area contributed by atoms with Crippen molar-refractivity contribution in [2.24, 2.45) is 0 Å². The molecule has 0 N–H and O–H groups in total. The van der Waals surface area contributed by atoms with Crippen LogP contribution in [0.2, 0.25) is 0 Å². The first-order valence-corrected chi connectivity index (χ1v) is 12.6. The SMILES string of the molecule is CCOC1=CC(=[N+]=[N-])C(OCC)C=C1CCSCCC1=CC(OCC)C(=[N+]=[N-])C=C1OCC. The van der Waals surface area contributed by atoms with Crippen molar-refractivity contribution in [1.29, 1.82) is 0 Å². The number of rotatable bonds is 14. The number of nitrogens with zero attached hydrogens (tertiary/aromatic N) is 4. The summed E-state index contributed by atoms with van der Waals surface area (Å²) in [4.78, 5) is 6.71. The van der Waals surface area contributed by atoms with Crippen LogP contribution in [0.4, 0.5) is 0 Å². The van der Waals surface area contributed by atoms with Gasteiger partial charge in [-0.05, 0) is 75.3 Å². The molecule has 9 heteroatoms. The Morgan fingerprint density at radius 2 is 1.15 bits per heavy atom. The molecule has 180 valence electrons. The van der Waals surface area contributed by atoms with Crippen LogP contribution in [0, 0.1) is 0 Å². The predicted octanol–water partition coefficient (Wildman–Crippen LogP) is 4.37. The van der Waals surface area contributed by atoms with E-state index in [1.165, 1.54) is 0 Å². The average Bonchev–Trinajstić information content (AvgIpc) is 2.82. The van der Waals surface area contributed by atoms with E-state index in [2.05, 4.69) is 9.58 Å². The zero-order valence-electron chi connectivity index (χ0n) is 20.0. The molecule has 0 radical (unpaired) electrons. The van der Waals surface area contributed by atoms with Crippen LogP contribution in [0.15, 0.2) is 47.0 Å². The fraction of sp³-hybridized carbons (Fsp3) is 0.583. The van der Waals surface area contributed by atoms with E-state index >= 15 is 0 Å². The summed E-state index contributed by atoms with van der Waals surface area (Å²) in [6, 6.07) is 0. The quantitative estimate of drug-likeness (QED) is 0.211. The third kappa shape index (κ3) is 7.84. The van der Waals surface area contributed by atoms with Crippen LogP contribution in [-0.4, -0.2) is 71.1 Å². The molecule has 2 rings (SSSR count). The molecule has 0 amide bonds. The summed E-state index contributed by atoms with van der Waals surface area (Å²) in [6.45, 7) is 9.81. The van der Waals surface area contributed by atoms with Crippen LogP contribution in [0.1, 0.15) is 40.5 Å². The minimum Gasteiger partial charge on any atom is -0.493 e. The first-order valence-electron chi connectivity index (χ1n) is 11.5. The third-order valence-electron chi connectivity index (χ3n) is 5.03. The highest BCUT2D eigenvalue weighted by Crippen LogP contribution is 2.27. The van der Waals surface area contributed by atoms with E-state index in [1.54, 1.807) is 12.2 Å². The van der Waals surface area contributed by atoms with Gasteiger partial charge in [0.1, 0.15) is 11.5 Å². The van der Waals surface area contributed by atoms with Gasteiger partial charge in [-0.15, -0.1) is 0 Å². The summed E-state index contributed by atoms with van der Waals surface area (Å²) < 4.78 is 22.9. The smallest absolute Gasteiger partial charge is 0.328 e. The van der Waals surface area contributed by atoms with Gasteiger partial charge in [-0.3, -0.25) is 0 Å². The molecule has 8 nitrogen and oxygen atoms in total. The van der Waals surface area contributed by atoms with Crippen molar-refractivity contribution in [2.75, 3.05) is 37.9 Å². The van der Waals surface area contributed by atoms with Crippen molar-refractivity contribution in [3.8, 4) is 0 Å². The van der Waals surface area contributed by atoms with Gasteiger partial charge in [0, 0.05) is 13.2 Å². The summed E-state index contributed by atoms with van der Waals surface area (Å²) in [5, 5.41) is 0. The fourth-order valence-electron chi connectivity index (χ4n) is 3.58. The van der Waals surface area contributed by atoms with Crippen molar-refractivity contribution in [2.45, 2.75) is 52.7 Å². The Kier molecular flexibility index (Phi) is 11.9. The molecular weight excluding hydrogens is 440 g/mol. The molecule has 33 heavy (non-hydrogen) atoms. The van der Waals surface area contributed by atoms with Gasteiger partial charge in [0.2, 0.25) is 0 Å². The summed E-state index contributed by atoms with van der Waals surface area (Å²) in [5.74, 6) is 3.27. The van der Waals surface area contributed by atoms with Crippen molar-refractivity contribution in [1.82, 2.24) is 0 Å². The molecule has 2 unspecified atom stereocenters. The maximum atomic E-state index is 9.30. The number of hydrogen-bond acceptors (Lipinski definition) is 5. The topological polar surface area (TPSA) is 110 Å². The first-order chi connectivity index (χ1) is 16.1. The Labute approximate surface area is 200 Å². The Morgan fingerprint density at radius 3 is 1.48 bits per heavy atom. The van der Waals surface area contributed by atoms with Gasteiger partial charge in [0.25, 0.3) is 0 Å². The Balaban J connectivity index is 1.97. The second-order valence-electron chi connectivity index (χ2n) is 7.18.